The fraction of sp³-hybridized carbons (Fsp3) is 0.381. The third-order valence-corrected chi connectivity index (χ3v) is 5.96. The average molecular weight is 475 g/mol. The van der Waals surface area contributed by atoms with E-state index in [4.69, 9.17) is 16.3 Å². The lowest BCUT2D eigenvalue weighted by Gasteiger charge is -2.42. The number of piperidine rings is 1. The minimum atomic E-state index is -1.86. The van der Waals surface area contributed by atoms with Crippen LogP contribution < -0.4 is 15.0 Å². The number of benzene rings is 2. The highest BCUT2D eigenvalue weighted by Gasteiger charge is 2.43. The SMILES string of the molecule is O=C1CCc2c(c(F)cc(F)c2OC[C@]2(O)CCN(c3c(F)cc(Cl)cc3F)C[C@H]2O)N1. The lowest BCUT2D eigenvalue weighted by molar-refractivity contribution is -0.116. The summed E-state index contributed by atoms with van der Waals surface area (Å²) < 4.78 is 62.3. The molecule has 4 rings (SSSR count). The Morgan fingerprint density at radius 2 is 1.81 bits per heavy atom. The summed E-state index contributed by atoms with van der Waals surface area (Å²) in [4.78, 5) is 12.8. The molecule has 0 saturated carbocycles. The van der Waals surface area contributed by atoms with Crippen molar-refractivity contribution in [2.45, 2.75) is 31.0 Å². The lowest BCUT2D eigenvalue weighted by atomic mass is 9.89. The maximum absolute atomic E-state index is 14.4. The summed E-state index contributed by atoms with van der Waals surface area (Å²) in [5, 5.41) is 23.6. The molecule has 1 amide bonds. The van der Waals surface area contributed by atoms with Crippen molar-refractivity contribution in [1.82, 2.24) is 0 Å². The second-order valence-electron chi connectivity index (χ2n) is 7.89. The van der Waals surface area contributed by atoms with Crippen LogP contribution in [0.25, 0.3) is 0 Å². The highest BCUT2D eigenvalue weighted by molar-refractivity contribution is 6.30. The minimum absolute atomic E-state index is 0.00628. The van der Waals surface area contributed by atoms with Crippen LogP contribution in [0.1, 0.15) is 18.4 Å². The molecule has 2 aromatic rings. The van der Waals surface area contributed by atoms with Crippen LogP contribution in [0.4, 0.5) is 28.9 Å². The van der Waals surface area contributed by atoms with Gasteiger partial charge in [0.2, 0.25) is 5.91 Å². The molecular weight excluding hydrogens is 456 g/mol. The third kappa shape index (κ3) is 4.10. The zero-order valence-electron chi connectivity index (χ0n) is 16.6. The molecule has 2 atom stereocenters. The standard InChI is InChI=1S/C21H19ClF4N2O4/c22-10-5-13(24)19(14(25)6-10)28-4-3-21(31,16(29)8-28)9-32-20-11-1-2-17(30)27-18(11)12(23)7-15(20)26/h5-7,16,29,31H,1-4,8-9H2,(H,27,30)/t16-,21-/m1/s1. The van der Waals surface area contributed by atoms with Crippen LogP contribution in [0.2, 0.25) is 5.02 Å². The van der Waals surface area contributed by atoms with Gasteiger partial charge in [0.25, 0.3) is 0 Å². The van der Waals surface area contributed by atoms with Crippen LogP contribution in [0.3, 0.4) is 0 Å². The quantitative estimate of drug-likeness (QED) is 0.593. The van der Waals surface area contributed by atoms with Crippen molar-refractivity contribution in [2.75, 3.05) is 29.9 Å². The van der Waals surface area contributed by atoms with Gasteiger partial charge in [0.05, 0.1) is 5.69 Å². The molecule has 2 aromatic carbocycles. The van der Waals surface area contributed by atoms with Gasteiger partial charge in [-0.25, -0.2) is 17.6 Å². The van der Waals surface area contributed by atoms with Gasteiger partial charge in [0, 0.05) is 36.2 Å². The van der Waals surface area contributed by atoms with E-state index in [0.29, 0.717) is 6.07 Å². The van der Waals surface area contributed by atoms with Crippen LogP contribution in [-0.2, 0) is 11.2 Å². The third-order valence-electron chi connectivity index (χ3n) is 5.74. The molecule has 0 radical (unpaired) electrons. The Kier molecular flexibility index (Phi) is 5.95. The van der Waals surface area contributed by atoms with Gasteiger partial charge in [-0.2, -0.15) is 0 Å². The molecule has 0 bridgehead atoms. The number of aliphatic hydroxyl groups excluding tert-OH is 1. The molecule has 32 heavy (non-hydrogen) atoms. The maximum atomic E-state index is 14.4. The van der Waals surface area contributed by atoms with Gasteiger partial charge < -0.3 is 25.2 Å². The molecule has 172 valence electrons. The Hall–Kier alpha value is -2.56. The molecule has 0 spiro atoms. The van der Waals surface area contributed by atoms with Gasteiger partial charge in [-0.15, -0.1) is 0 Å². The number of ether oxygens (including phenoxy) is 1. The van der Waals surface area contributed by atoms with E-state index >= 15 is 0 Å². The fourth-order valence-electron chi connectivity index (χ4n) is 3.99. The van der Waals surface area contributed by atoms with Gasteiger partial charge in [0.15, 0.2) is 23.2 Å². The predicted molar refractivity (Wildman–Crippen MR) is 108 cm³/mol. The highest BCUT2D eigenvalue weighted by Crippen LogP contribution is 2.38. The van der Waals surface area contributed by atoms with E-state index in [9.17, 15) is 32.6 Å². The van der Waals surface area contributed by atoms with E-state index < -0.39 is 47.5 Å². The van der Waals surface area contributed by atoms with E-state index in [-0.39, 0.29) is 60.1 Å². The van der Waals surface area contributed by atoms with Crippen molar-refractivity contribution < 1.29 is 37.3 Å². The van der Waals surface area contributed by atoms with Crippen molar-refractivity contribution in [2.24, 2.45) is 0 Å². The van der Waals surface area contributed by atoms with Crippen LogP contribution >= 0.6 is 11.6 Å². The number of halogens is 5. The monoisotopic (exact) mass is 474 g/mol. The average Bonchev–Trinajstić information content (AvgIpc) is 2.70. The molecule has 3 N–H and O–H groups in total. The van der Waals surface area contributed by atoms with Crippen molar-refractivity contribution in [3.05, 3.63) is 52.1 Å². The molecule has 2 aliphatic heterocycles. The Morgan fingerprint density at radius 1 is 1.12 bits per heavy atom. The van der Waals surface area contributed by atoms with E-state index in [1.807, 2.05) is 0 Å². The molecule has 0 aliphatic carbocycles. The van der Waals surface area contributed by atoms with E-state index in [1.165, 1.54) is 4.90 Å². The Balaban J connectivity index is 1.51. The first-order valence-electron chi connectivity index (χ1n) is 9.82. The zero-order valence-corrected chi connectivity index (χ0v) is 17.4. The molecule has 0 unspecified atom stereocenters. The largest absolute Gasteiger partial charge is 0.487 e. The predicted octanol–water partition coefficient (Wildman–Crippen LogP) is 3.16. The molecule has 2 heterocycles. The van der Waals surface area contributed by atoms with Gasteiger partial charge in [0.1, 0.15) is 29.8 Å². The number of hydrogen-bond acceptors (Lipinski definition) is 5. The van der Waals surface area contributed by atoms with Gasteiger partial charge in [-0.3, -0.25) is 4.79 Å². The molecule has 1 fully saturated rings. The van der Waals surface area contributed by atoms with Crippen LogP contribution in [0, 0.1) is 23.3 Å². The summed E-state index contributed by atoms with van der Waals surface area (Å²) in [6.45, 7) is -0.918. The number of nitrogens with one attached hydrogen (secondary N) is 1. The summed E-state index contributed by atoms with van der Waals surface area (Å²) in [6.07, 6.45) is -1.61. The normalized spacial score (nSPS) is 23.0. The van der Waals surface area contributed by atoms with E-state index in [2.05, 4.69) is 5.32 Å². The van der Waals surface area contributed by atoms with E-state index in [0.717, 1.165) is 12.1 Å². The second-order valence-corrected chi connectivity index (χ2v) is 8.33. The first-order chi connectivity index (χ1) is 15.1. The first-order valence-corrected chi connectivity index (χ1v) is 10.2. The molecular formula is C21H19ClF4N2O4. The van der Waals surface area contributed by atoms with E-state index in [1.54, 1.807) is 0 Å². The van der Waals surface area contributed by atoms with Gasteiger partial charge in [-0.05, 0) is 25.0 Å². The number of fused-ring (bicyclic) bond motifs is 1. The number of carbonyl (C=O) groups excluding carboxylic acids is 1. The Labute approximate surface area is 185 Å². The van der Waals surface area contributed by atoms with Gasteiger partial charge >= 0.3 is 0 Å². The second kappa shape index (κ2) is 8.42. The van der Waals surface area contributed by atoms with Gasteiger partial charge in [-0.1, -0.05) is 11.6 Å². The molecule has 6 nitrogen and oxygen atoms in total. The Morgan fingerprint density at radius 3 is 2.47 bits per heavy atom. The zero-order chi connectivity index (χ0) is 23.2. The number of carbonyl (C=O) groups is 1. The summed E-state index contributed by atoms with van der Waals surface area (Å²) >= 11 is 5.63. The molecule has 11 heteroatoms. The fourth-order valence-corrected chi connectivity index (χ4v) is 4.18. The summed E-state index contributed by atoms with van der Waals surface area (Å²) in [5.41, 5.74) is -2.32. The number of β-amino-alcohol motifs (C(OH)–C–C–N with tert-alkyl or cyclic N) is 1. The number of rotatable bonds is 4. The smallest absolute Gasteiger partial charge is 0.224 e. The van der Waals surface area contributed by atoms with Crippen molar-refractivity contribution >= 4 is 28.9 Å². The Bertz CT molecular complexity index is 1060. The van der Waals surface area contributed by atoms with Crippen LogP contribution in [0.15, 0.2) is 18.2 Å². The summed E-state index contributed by atoms with van der Waals surface area (Å²) in [7, 11) is 0. The minimum Gasteiger partial charge on any atom is -0.487 e. The van der Waals surface area contributed by atoms with Crippen LogP contribution in [0.5, 0.6) is 5.75 Å². The number of amides is 1. The van der Waals surface area contributed by atoms with Crippen molar-refractivity contribution in [3.8, 4) is 5.75 Å². The molecule has 0 aromatic heterocycles. The maximum Gasteiger partial charge on any atom is 0.224 e. The summed E-state index contributed by atoms with van der Waals surface area (Å²) in [6, 6.07) is 2.44. The number of aliphatic hydroxyl groups is 2. The highest BCUT2D eigenvalue weighted by atomic mass is 35.5. The molecule has 1 saturated heterocycles. The number of nitrogens with zero attached hydrogens (tertiary/aromatic N) is 1. The number of anilines is 2. The topological polar surface area (TPSA) is 82.0 Å². The van der Waals surface area contributed by atoms with Crippen LogP contribution in [-0.4, -0.2) is 47.5 Å². The lowest BCUT2D eigenvalue weighted by Crippen LogP contribution is -2.58. The first kappa shape index (κ1) is 22.6. The van der Waals surface area contributed by atoms with Crippen molar-refractivity contribution in [3.63, 3.8) is 0 Å². The summed E-state index contributed by atoms with van der Waals surface area (Å²) in [5.74, 6) is -4.54. The number of hydrogen-bond donors (Lipinski definition) is 3. The van der Waals surface area contributed by atoms with Crippen molar-refractivity contribution in [1.29, 1.82) is 0 Å². The molecule has 2 aliphatic rings.